The number of benzene rings is 1. The lowest BCUT2D eigenvalue weighted by Crippen LogP contribution is -2.01. The third kappa shape index (κ3) is 2.98. The smallest absolute Gasteiger partial charge is 0.179 e. The highest BCUT2D eigenvalue weighted by Gasteiger charge is 2.14. The molecule has 98 valence electrons. The number of ether oxygens (including phenoxy) is 2. The highest BCUT2D eigenvalue weighted by Crippen LogP contribution is 2.38. The molecule has 18 heavy (non-hydrogen) atoms. The second kappa shape index (κ2) is 6.12. The minimum Gasteiger partial charge on any atom is -0.489 e. The summed E-state index contributed by atoms with van der Waals surface area (Å²) in [6.07, 6.45) is 3.86. The molecule has 0 unspecified atom stereocenters. The zero-order valence-electron chi connectivity index (χ0n) is 10.5. The molecule has 3 nitrogen and oxygen atoms in total. The van der Waals surface area contributed by atoms with Crippen molar-refractivity contribution in [3.05, 3.63) is 28.3 Å². The Morgan fingerprint density at radius 3 is 2.89 bits per heavy atom. The molecule has 0 saturated heterocycles. The van der Waals surface area contributed by atoms with Gasteiger partial charge in [0.25, 0.3) is 0 Å². The van der Waals surface area contributed by atoms with Crippen LogP contribution in [0.25, 0.3) is 6.08 Å². The molecule has 1 aromatic carbocycles. The van der Waals surface area contributed by atoms with Crippen molar-refractivity contribution in [2.75, 3.05) is 19.8 Å². The summed E-state index contributed by atoms with van der Waals surface area (Å²) in [6, 6.07) is 3.85. The van der Waals surface area contributed by atoms with Crippen LogP contribution in [0, 0.1) is 0 Å². The first-order valence-electron chi connectivity index (χ1n) is 6.23. The lowest BCUT2D eigenvalue weighted by Gasteiger charge is -2.10. The summed E-state index contributed by atoms with van der Waals surface area (Å²) >= 11 is 6.22. The van der Waals surface area contributed by atoms with Crippen LogP contribution in [0.2, 0.25) is 5.02 Å². The first-order chi connectivity index (χ1) is 8.74. The summed E-state index contributed by atoms with van der Waals surface area (Å²) in [5, 5.41) is 0.591. The van der Waals surface area contributed by atoms with E-state index in [0.717, 1.165) is 24.2 Å². The molecule has 0 aromatic heterocycles. The van der Waals surface area contributed by atoms with Gasteiger partial charge in [0, 0.05) is 13.0 Å². The largest absolute Gasteiger partial charge is 0.489 e. The van der Waals surface area contributed by atoms with E-state index in [1.54, 1.807) is 0 Å². The summed E-state index contributed by atoms with van der Waals surface area (Å²) in [7, 11) is 0. The standard InChI is InChI=1S/C14H18ClNO2/c1-2-10(9-16)6-11-7-12(15)14-13(8-11)17-4-3-5-18-14/h6-8H,2-5,9,16H2,1H3. The average molecular weight is 268 g/mol. The van der Waals surface area contributed by atoms with E-state index in [4.69, 9.17) is 26.8 Å². The predicted octanol–water partition coefficient (Wildman–Crippen LogP) is 3.25. The minimum absolute atomic E-state index is 0.558. The van der Waals surface area contributed by atoms with E-state index in [-0.39, 0.29) is 0 Å². The highest BCUT2D eigenvalue weighted by atomic mass is 35.5. The zero-order chi connectivity index (χ0) is 13.0. The summed E-state index contributed by atoms with van der Waals surface area (Å²) in [4.78, 5) is 0. The van der Waals surface area contributed by atoms with Crippen LogP contribution in [-0.4, -0.2) is 19.8 Å². The van der Waals surface area contributed by atoms with Gasteiger partial charge < -0.3 is 15.2 Å². The molecule has 0 saturated carbocycles. The molecule has 1 aliphatic rings. The number of nitrogens with two attached hydrogens (primary N) is 1. The van der Waals surface area contributed by atoms with Gasteiger partial charge in [-0.15, -0.1) is 0 Å². The molecule has 1 heterocycles. The monoisotopic (exact) mass is 267 g/mol. The number of halogens is 1. The van der Waals surface area contributed by atoms with E-state index < -0.39 is 0 Å². The van der Waals surface area contributed by atoms with Crippen LogP contribution in [-0.2, 0) is 0 Å². The van der Waals surface area contributed by atoms with E-state index in [2.05, 4.69) is 13.0 Å². The fourth-order valence-electron chi connectivity index (χ4n) is 1.88. The Balaban J connectivity index is 2.37. The second-order valence-electron chi connectivity index (χ2n) is 4.24. The molecule has 1 aromatic rings. The van der Waals surface area contributed by atoms with Crippen LogP contribution in [0.4, 0.5) is 0 Å². The van der Waals surface area contributed by atoms with Gasteiger partial charge in [-0.25, -0.2) is 0 Å². The van der Waals surface area contributed by atoms with E-state index in [9.17, 15) is 0 Å². The fourth-order valence-corrected chi connectivity index (χ4v) is 2.15. The van der Waals surface area contributed by atoms with Gasteiger partial charge in [-0.2, -0.15) is 0 Å². The van der Waals surface area contributed by atoms with Crippen molar-refractivity contribution in [3.8, 4) is 11.5 Å². The maximum absolute atomic E-state index is 6.22. The van der Waals surface area contributed by atoms with E-state index in [1.165, 1.54) is 5.57 Å². The Kier molecular flexibility index (Phi) is 4.50. The maximum Gasteiger partial charge on any atom is 0.179 e. The molecular formula is C14H18ClNO2. The Morgan fingerprint density at radius 2 is 2.17 bits per heavy atom. The molecule has 1 aliphatic heterocycles. The Bertz CT molecular complexity index is 451. The van der Waals surface area contributed by atoms with Gasteiger partial charge in [-0.1, -0.05) is 30.2 Å². The number of rotatable bonds is 3. The predicted molar refractivity (Wildman–Crippen MR) is 74.4 cm³/mol. The van der Waals surface area contributed by atoms with Crippen LogP contribution in [0.3, 0.4) is 0 Å². The summed E-state index contributed by atoms with van der Waals surface area (Å²) < 4.78 is 11.2. The van der Waals surface area contributed by atoms with Crippen molar-refractivity contribution in [1.29, 1.82) is 0 Å². The van der Waals surface area contributed by atoms with Crippen LogP contribution in [0.5, 0.6) is 11.5 Å². The molecule has 0 bridgehead atoms. The Hall–Kier alpha value is -1.19. The zero-order valence-corrected chi connectivity index (χ0v) is 11.3. The van der Waals surface area contributed by atoms with Crippen LogP contribution < -0.4 is 15.2 Å². The van der Waals surface area contributed by atoms with Gasteiger partial charge in [0.2, 0.25) is 0 Å². The lowest BCUT2D eigenvalue weighted by molar-refractivity contribution is 0.297. The van der Waals surface area contributed by atoms with Gasteiger partial charge in [0.15, 0.2) is 11.5 Å². The maximum atomic E-state index is 6.22. The first kappa shape index (κ1) is 13.2. The summed E-state index contributed by atoms with van der Waals surface area (Å²) in [5.41, 5.74) is 7.86. The summed E-state index contributed by atoms with van der Waals surface area (Å²) in [5.74, 6) is 1.37. The SMILES string of the molecule is CCC(=Cc1cc(Cl)c2c(c1)OCCCO2)CN. The van der Waals surface area contributed by atoms with Gasteiger partial charge in [-0.3, -0.25) is 0 Å². The van der Waals surface area contributed by atoms with Crippen LogP contribution in [0.1, 0.15) is 25.3 Å². The third-order valence-electron chi connectivity index (χ3n) is 2.91. The van der Waals surface area contributed by atoms with Crippen molar-refractivity contribution in [3.63, 3.8) is 0 Å². The van der Waals surface area contributed by atoms with Crippen molar-refractivity contribution >= 4 is 17.7 Å². The highest BCUT2D eigenvalue weighted by molar-refractivity contribution is 6.32. The van der Waals surface area contributed by atoms with Crippen molar-refractivity contribution < 1.29 is 9.47 Å². The molecule has 2 rings (SSSR count). The molecule has 0 fully saturated rings. The van der Waals surface area contributed by atoms with Crippen molar-refractivity contribution in [2.24, 2.45) is 5.73 Å². The van der Waals surface area contributed by atoms with Crippen LogP contribution >= 0.6 is 11.6 Å². The molecule has 0 atom stereocenters. The molecule has 0 amide bonds. The van der Waals surface area contributed by atoms with Gasteiger partial charge in [-0.05, 0) is 24.1 Å². The quantitative estimate of drug-likeness (QED) is 0.914. The van der Waals surface area contributed by atoms with Crippen molar-refractivity contribution in [1.82, 2.24) is 0 Å². The second-order valence-corrected chi connectivity index (χ2v) is 4.65. The number of hydrogen-bond donors (Lipinski definition) is 1. The van der Waals surface area contributed by atoms with E-state index >= 15 is 0 Å². The molecule has 4 heteroatoms. The van der Waals surface area contributed by atoms with Gasteiger partial charge >= 0.3 is 0 Å². The average Bonchev–Trinajstić information content (AvgIpc) is 2.61. The molecule has 0 spiro atoms. The topological polar surface area (TPSA) is 44.5 Å². The molecule has 0 aliphatic carbocycles. The normalized spacial score (nSPS) is 15.4. The first-order valence-corrected chi connectivity index (χ1v) is 6.61. The van der Waals surface area contributed by atoms with E-state index in [1.807, 2.05) is 12.1 Å². The third-order valence-corrected chi connectivity index (χ3v) is 3.19. The number of fused-ring (bicyclic) bond motifs is 1. The molecule has 0 radical (unpaired) electrons. The molecule has 2 N–H and O–H groups in total. The van der Waals surface area contributed by atoms with Crippen LogP contribution in [0.15, 0.2) is 17.7 Å². The fraction of sp³-hybridized carbons (Fsp3) is 0.429. The number of hydrogen-bond acceptors (Lipinski definition) is 3. The van der Waals surface area contributed by atoms with E-state index in [0.29, 0.717) is 30.5 Å². The van der Waals surface area contributed by atoms with Gasteiger partial charge in [0.1, 0.15) is 0 Å². The summed E-state index contributed by atoms with van der Waals surface area (Å²) in [6.45, 7) is 3.95. The van der Waals surface area contributed by atoms with Gasteiger partial charge in [0.05, 0.1) is 18.2 Å². The Labute approximate surface area is 113 Å². The molecular weight excluding hydrogens is 250 g/mol. The minimum atomic E-state index is 0.558. The van der Waals surface area contributed by atoms with Crippen molar-refractivity contribution in [2.45, 2.75) is 19.8 Å². The lowest BCUT2D eigenvalue weighted by atomic mass is 10.1. The Morgan fingerprint density at radius 1 is 1.39 bits per heavy atom.